The first kappa shape index (κ1) is 14.3. The summed E-state index contributed by atoms with van der Waals surface area (Å²) in [5.41, 5.74) is 6.02. The molecule has 100 valence electrons. The van der Waals surface area contributed by atoms with E-state index in [0.29, 0.717) is 24.1 Å². The van der Waals surface area contributed by atoms with Gasteiger partial charge in [-0.3, -0.25) is 4.79 Å². The van der Waals surface area contributed by atoms with E-state index >= 15 is 0 Å². The number of hydrogen-bond acceptors (Lipinski definition) is 4. The minimum atomic E-state index is -0.510. The Morgan fingerprint density at radius 1 is 1.44 bits per heavy atom. The van der Waals surface area contributed by atoms with E-state index in [0.717, 1.165) is 5.56 Å². The van der Waals surface area contributed by atoms with Gasteiger partial charge in [0, 0.05) is 18.2 Å². The van der Waals surface area contributed by atoms with Gasteiger partial charge >= 0.3 is 0 Å². The number of carbonyl (C=O) groups excluding carboxylic acids is 1. The molecule has 1 aromatic carbocycles. The molecular formula is C13H20N2O3. The third kappa shape index (κ3) is 4.25. The number of primary amides is 1. The Morgan fingerprint density at radius 3 is 2.72 bits per heavy atom. The Kier molecular flexibility index (Phi) is 5.45. The van der Waals surface area contributed by atoms with Crippen molar-refractivity contribution in [2.45, 2.75) is 26.4 Å². The first-order chi connectivity index (χ1) is 8.54. The first-order valence-corrected chi connectivity index (χ1v) is 5.85. The molecule has 1 aromatic rings. The first-order valence-electron chi connectivity index (χ1n) is 5.85. The highest BCUT2D eigenvalue weighted by Gasteiger charge is 2.11. The van der Waals surface area contributed by atoms with Crippen molar-refractivity contribution >= 4 is 5.91 Å². The fourth-order valence-corrected chi connectivity index (χ4v) is 1.48. The zero-order chi connectivity index (χ0) is 13.5. The highest BCUT2D eigenvalue weighted by Crippen LogP contribution is 2.31. The van der Waals surface area contributed by atoms with Crippen LogP contribution in [0.1, 0.15) is 19.4 Å². The lowest BCUT2D eigenvalue weighted by molar-refractivity contribution is -0.119. The summed E-state index contributed by atoms with van der Waals surface area (Å²) in [6.07, 6.45) is 0. The average molecular weight is 252 g/mol. The number of rotatable bonds is 7. The quantitative estimate of drug-likeness (QED) is 0.761. The van der Waals surface area contributed by atoms with Gasteiger partial charge in [0.05, 0.1) is 7.11 Å². The van der Waals surface area contributed by atoms with Crippen LogP contribution in [-0.4, -0.2) is 25.7 Å². The average Bonchev–Trinajstić information content (AvgIpc) is 2.33. The summed E-state index contributed by atoms with van der Waals surface area (Å²) in [7, 11) is 1.56. The summed E-state index contributed by atoms with van der Waals surface area (Å²) in [4.78, 5) is 10.8. The number of amides is 1. The predicted molar refractivity (Wildman–Crippen MR) is 69.7 cm³/mol. The Labute approximate surface area is 107 Å². The number of hydrogen-bond donors (Lipinski definition) is 2. The molecule has 5 nitrogen and oxygen atoms in total. The Morgan fingerprint density at radius 2 is 2.17 bits per heavy atom. The topological polar surface area (TPSA) is 73.6 Å². The number of methoxy groups -OCH3 is 1. The third-order valence-electron chi connectivity index (χ3n) is 2.34. The van der Waals surface area contributed by atoms with Crippen molar-refractivity contribution in [1.29, 1.82) is 0 Å². The van der Waals surface area contributed by atoms with Crippen LogP contribution in [0.5, 0.6) is 11.5 Å². The highest BCUT2D eigenvalue weighted by molar-refractivity contribution is 5.75. The largest absolute Gasteiger partial charge is 0.493 e. The fourth-order valence-electron chi connectivity index (χ4n) is 1.48. The van der Waals surface area contributed by atoms with Crippen molar-refractivity contribution in [3.8, 4) is 11.5 Å². The van der Waals surface area contributed by atoms with E-state index in [1.54, 1.807) is 13.2 Å². The van der Waals surface area contributed by atoms with Crippen LogP contribution < -0.4 is 20.5 Å². The van der Waals surface area contributed by atoms with E-state index in [9.17, 15) is 4.79 Å². The van der Waals surface area contributed by atoms with Crippen LogP contribution in [0.15, 0.2) is 18.2 Å². The van der Waals surface area contributed by atoms with Crippen molar-refractivity contribution in [1.82, 2.24) is 5.32 Å². The molecule has 0 unspecified atom stereocenters. The van der Waals surface area contributed by atoms with Gasteiger partial charge in [0.25, 0.3) is 5.91 Å². The molecule has 0 atom stereocenters. The monoisotopic (exact) mass is 252 g/mol. The van der Waals surface area contributed by atoms with Crippen molar-refractivity contribution in [2.24, 2.45) is 5.73 Å². The minimum absolute atomic E-state index is 0.158. The van der Waals surface area contributed by atoms with Gasteiger partial charge < -0.3 is 20.5 Å². The number of para-hydroxylation sites is 1. The summed E-state index contributed by atoms with van der Waals surface area (Å²) in [6, 6.07) is 5.96. The lowest BCUT2D eigenvalue weighted by atomic mass is 10.1. The van der Waals surface area contributed by atoms with Gasteiger partial charge in [-0.2, -0.15) is 0 Å². The maximum atomic E-state index is 10.8. The summed E-state index contributed by atoms with van der Waals surface area (Å²) >= 11 is 0. The zero-order valence-corrected chi connectivity index (χ0v) is 11.0. The molecule has 0 fully saturated rings. The van der Waals surface area contributed by atoms with E-state index in [2.05, 4.69) is 19.2 Å². The summed E-state index contributed by atoms with van der Waals surface area (Å²) < 4.78 is 10.6. The molecule has 1 rings (SSSR count). The summed E-state index contributed by atoms with van der Waals surface area (Å²) in [5, 5.41) is 3.29. The van der Waals surface area contributed by atoms with Crippen molar-refractivity contribution in [3.05, 3.63) is 23.8 Å². The normalized spacial score (nSPS) is 10.4. The number of nitrogens with two attached hydrogens (primary N) is 1. The number of nitrogens with one attached hydrogen (secondary N) is 1. The van der Waals surface area contributed by atoms with Crippen LogP contribution in [0, 0.1) is 0 Å². The molecule has 0 radical (unpaired) electrons. The van der Waals surface area contributed by atoms with Crippen molar-refractivity contribution in [2.75, 3.05) is 13.7 Å². The molecule has 3 N–H and O–H groups in total. The lowest BCUT2D eigenvalue weighted by Crippen LogP contribution is -2.24. The van der Waals surface area contributed by atoms with Crippen LogP contribution in [0.2, 0.25) is 0 Å². The molecule has 0 aliphatic carbocycles. The third-order valence-corrected chi connectivity index (χ3v) is 2.34. The smallest absolute Gasteiger partial charge is 0.255 e. The molecule has 5 heteroatoms. The van der Waals surface area contributed by atoms with E-state index in [4.69, 9.17) is 15.2 Å². The van der Waals surface area contributed by atoms with E-state index in [1.165, 1.54) is 0 Å². The molecule has 0 aliphatic heterocycles. The second kappa shape index (κ2) is 6.86. The van der Waals surface area contributed by atoms with Gasteiger partial charge in [0.2, 0.25) is 0 Å². The van der Waals surface area contributed by atoms with Gasteiger partial charge in [0.15, 0.2) is 18.1 Å². The maximum Gasteiger partial charge on any atom is 0.255 e. The van der Waals surface area contributed by atoms with Crippen LogP contribution in [0.3, 0.4) is 0 Å². The van der Waals surface area contributed by atoms with Crippen LogP contribution in [-0.2, 0) is 11.3 Å². The van der Waals surface area contributed by atoms with Crippen LogP contribution in [0.4, 0.5) is 0 Å². The molecule has 1 amide bonds. The van der Waals surface area contributed by atoms with Gasteiger partial charge in [0.1, 0.15) is 0 Å². The number of ether oxygens (including phenoxy) is 2. The van der Waals surface area contributed by atoms with E-state index < -0.39 is 5.91 Å². The molecule has 0 heterocycles. The molecule has 0 saturated carbocycles. The molecule has 0 spiro atoms. The SMILES string of the molecule is COc1cccc(CNC(C)C)c1OCC(N)=O. The Balaban J connectivity index is 2.89. The lowest BCUT2D eigenvalue weighted by Gasteiger charge is -2.15. The molecule has 18 heavy (non-hydrogen) atoms. The molecule has 0 bridgehead atoms. The standard InChI is InChI=1S/C13H20N2O3/c1-9(2)15-7-10-5-4-6-11(17-3)13(10)18-8-12(14)16/h4-6,9,15H,7-8H2,1-3H3,(H2,14,16). The van der Waals surface area contributed by atoms with Gasteiger partial charge in [-0.05, 0) is 6.07 Å². The van der Waals surface area contributed by atoms with E-state index in [-0.39, 0.29) is 6.61 Å². The van der Waals surface area contributed by atoms with Crippen molar-refractivity contribution in [3.63, 3.8) is 0 Å². The number of benzene rings is 1. The van der Waals surface area contributed by atoms with E-state index in [1.807, 2.05) is 12.1 Å². The van der Waals surface area contributed by atoms with Crippen LogP contribution >= 0.6 is 0 Å². The number of carbonyl (C=O) groups is 1. The molecule has 0 aromatic heterocycles. The summed E-state index contributed by atoms with van der Waals surface area (Å²) in [6.45, 7) is 4.60. The second-order valence-corrected chi connectivity index (χ2v) is 4.24. The van der Waals surface area contributed by atoms with Gasteiger partial charge in [-0.1, -0.05) is 26.0 Å². The molecular weight excluding hydrogens is 232 g/mol. The van der Waals surface area contributed by atoms with Gasteiger partial charge in [-0.25, -0.2) is 0 Å². The summed E-state index contributed by atoms with van der Waals surface area (Å²) in [5.74, 6) is 0.648. The Bertz CT molecular complexity index is 405. The molecule has 0 aliphatic rings. The minimum Gasteiger partial charge on any atom is -0.493 e. The second-order valence-electron chi connectivity index (χ2n) is 4.24. The highest BCUT2D eigenvalue weighted by atomic mass is 16.5. The maximum absolute atomic E-state index is 10.8. The van der Waals surface area contributed by atoms with Gasteiger partial charge in [-0.15, -0.1) is 0 Å². The predicted octanol–water partition coefficient (Wildman–Crippen LogP) is 1.06. The zero-order valence-electron chi connectivity index (χ0n) is 11.0. The fraction of sp³-hybridized carbons (Fsp3) is 0.462. The molecule has 0 saturated heterocycles. The van der Waals surface area contributed by atoms with Crippen molar-refractivity contribution < 1.29 is 14.3 Å². The van der Waals surface area contributed by atoms with Crippen LogP contribution in [0.25, 0.3) is 0 Å². The Hall–Kier alpha value is -1.75.